The Morgan fingerprint density at radius 1 is 1.57 bits per heavy atom. The van der Waals surface area contributed by atoms with Crippen LogP contribution < -0.4 is 4.72 Å². The number of hydrogen-bond acceptors (Lipinski definition) is 6. The molecule has 1 atom stereocenters. The predicted molar refractivity (Wildman–Crippen MR) is 78.5 cm³/mol. The summed E-state index contributed by atoms with van der Waals surface area (Å²) in [7, 11) is -1.97. The summed E-state index contributed by atoms with van der Waals surface area (Å²) in [5.41, 5.74) is 0.877. The van der Waals surface area contributed by atoms with E-state index in [9.17, 15) is 8.42 Å². The number of ether oxygens (including phenoxy) is 1. The van der Waals surface area contributed by atoms with Gasteiger partial charge < -0.3 is 9.84 Å². The van der Waals surface area contributed by atoms with Crippen molar-refractivity contribution in [1.82, 2.24) is 14.5 Å². The Bertz CT molecular complexity index is 652. The van der Waals surface area contributed by atoms with Crippen molar-refractivity contribution in [3.8, 4) is 0 Å². The van der Waals surface area contributed by atoms with E-state index in [0.29, 0.717) is 0 Å². The molecule has 0 saturated heterocycles. The lowest BCUT2D eigenvalue weighted by atomic mass is 10.2. The summed E-state index contributed by atoms with van der Waals surface area (Å²) < 4.78 is 33.7. The van der Waals surface area contributed by atoms with E-state index >= 15 is 0 Å². The van der Waals surface area contributed by atoms with E-state index in [1.54, 1.807) is 7.05 Å². The smallest absolute Gasteiger partial charge is 0.243 e. The summed E-state index contributed by atoms with van der Waals surface area (Å²) in [6.45, 7) is 0.124. The van der Waals surface area contributed by atoms with Crippen LogP contribution in [0.1, 0.15) is 11.7 Å². The van der Waals surface area contributed by atoms with Crippen LogP contribution in [0.5, 0.6) is 0 Å². The minimum atomic E-state index is -3.62. The molecule has 2 N–H and O–H groups in total. The van der Waals surface area contributed by atoms with Crippen LogP contribution in [0.4, 0.5) is 0 Å². The second kappa shape index (κ2) is 7.14. The van der Waals surface area contributed by atoms with Crippen LogP contribution in [0.2, 0.25) is 0 Å². The third-order valence-electron chi connectivity index (χ3n) is 2.78. The van der Waals surface area contributed by atoms with Gasteiger partial charge in [-0.3, -0.25) is 4.68 Å². The number of aryl methyl sites for hydroxylation is 1. The quantitative estimate of drug-likeness (QED) is 0.735. The average Bonchev–Trinajstić information content (AvgIpc) is 3.10. The van der Waals surface area contributed by atoms with Crippen molar-refractivity contribution in [3.63, 3.8) is 0 Å². The van der Waals surface area contributed by atoms with Crippen molar-refractivity contribution >= 4 is 21.4 Å². The van der Waals surface area contributed by atoms with Crippen molar-refractivity contribution in [2.75, 3.05) is 19.8 Å². The molecule has 2 aromatic rings. The van der Waals surface area contributed by atoms with Crippen LogP contribution in [0.3, 0.4) is 0 Å². The number of hydrogen-bond donors (Lipinski definition) is 2. The zero-order valence-electron chi connectivity index (χ0n) is 11.5. The third kappa shape index (κ3) is 4.35. The standard InChI is InChI=1S/C12H17N3O4S2/c1-15-8-11(6-13-15)21(17,18)14-7-12(19-4-3-16)10-2-5-20-9-10/h2,5-6,8-9,12,14,16H,3-4,7H2,1H3. The summed E-state index contributed by atoms with van der Waals surface area (Å²) in [5, 5.41) is 16.5. The van der Waals surface area contributed by atoms with Gasteiger partial charge >= 0.3 is 0 Å². The minimum absolute atomic E-state index is 0.0912. The van der Waals surface area contributed by atoms with E-state index in [2.05, 4.69) is 9.82 Å². The van der Waals surface area contributed by atoms with Crippen molar-refractivity contribution in [2.24, 2.45) is 7.05 Å². The van der Waals surface area contributed by atoms with Gasteiger partial charge in [-0.2, -0.15) is 16.4 Å². The maximum atomic E-state index is 12.1. The highest BCUT2D eigenvalue weighted by Gasteiger charge is 2.20. The van der Waals surface area contributed by atoms with Crippen LogP contribution in [0.25, 0.3) is 0 Å². The molecular weight excluding hydrogens is 314 g/mol. The fourth-order valence-corrected chi connectivity index (χ4v) is 3.45. The Morgan fingerprint density at radius 3 is 2.95 bits per heavy atom. The first-order valence-electron chi connectivity index (χ1n) is 6.26. The zero-order chi connectivity index (χ0) is 15.3. The highest BCUT2D eigenvalue weighted by molar-refractivity contribution is 7.89. The maximum absolute atomic E-state index is 12.1. The minimum Gasteiger partial charge on any atom is -0.394 e. The van der Waals surface area contributed by atoms with Crippen LogP contribution in [0.15, 0.2) is 34.1 Å². The fourth-order valence-electron chi connectivity index (χ4n) is 1.73. The molecule has 0 aliphatic heterocycles. The number of aromatic nitrogens is 2. The van der Waals surface area contributed by atoms with E-state index in [1.165, 1.54) is 28.4 Å². The summed E-state index contributed by atoms with van der Waals surface area (Å²) in [5.74, 6) is 0. The molecule has 0 bridgehead atoms. The molecule has 0 aromatic carbocycles. The molecule has 2 rings (SSSR count). The molecule has 0 fully saturated rings. The van der Waals surface area contributed by atoms with Gasteiger partial charge in [0.05, 0.1) is 25.5 Å². The Morgan fingerprint density at radius 2 is 2.38 bits per heavy atom. The van der Waals surface area contributed by atoms with Crippen LogP contribution in [-0.2, 0) is 21.8 Å². The zero-order valence-corrected chi connectivity index (χ0v) is 13.1. The van der Waals surface area contributed by atoms with Gasteiger partial charge in [-0.15, -0.1) is 0 Å². The number of nitrogens with one attached hydrogen (secondary N) is 1. The van der Waals surface area contributed by atoms with Gasteiger partial charge in [0.15, 0.2) is 0 Å². The Balaban J connectivity index is 2.04. The molecule has 7 nitrogen and oxygen atoms in total. The summed E-state index contributed by atoms with van der Waals surface area (Å²) in [6, 6.07) is 1.87. The van der Waals surface area contributed by atoms with Crippen LogP contribution >= 0.6 is 11.3 Å². The molecule has 0 radical (unpaired) electrons. The number of rotatable bonds is 8. The van der Waals surface area contributed by atoms with Gasteiger partial charge in [0, 0.05) is 19.8 Å². The molecule has 2 aromatic heterocycles. The first kappa shape index (κ1) is 16.1. The summed E-state index contributed by atoms with van der Waals surface area (Å²) in [4.78, 5) is 0.108. The molecule has 2 heterocycles. The molecule has 0 amide bonds. The molecule has 116 valence electrons. The van der Waals surface area contributed by atoms with E-state index in [4.69, 9.17) is 9.84 Å². The molecule has 1 unspecified atom stereocenters. The highest BCUT2D eigenvalue weighted by Crippen LogP contribution is 2.20. The van der Waals surface area contributed by atoms with E-state index < -0.39 is 16.1 Å². The van der Waals surface area contributed by atoms with Crippen LogP contribution in [-0.4, -0.2) is 43.1 Å². The largest absolute Gasteiger partial charge is 0.394 e. The van der Waals surface area contributed by atoms with Crippen molar-refractivity contribution in [1.29, 1.82) is 0 Å². The number of nitrogens with zero attached hydrogens (tertiary/aromatic N) is 2. The number of sulfonamides is 1. The van der Waals surface area contributed by atoms with Crippen LogP contribution in [0, 0.1) is 0 Å². The molecule has 9 heteroatoms. The van der Waals surface area contributed by atoms with E-state index in [0.717, 1.165) is 5.56 Å². The van der Waals surface area contributed by atoms with Crippen molar-refractivity contribution in [2.45, 2.75) is 11.0 Å². The Hall–Kier alpha value is -1.26. The first-order valence-corrected chi connectivity index (χ1v) is 8.68. The normalized spacial score (nSPS) is 13.4. The second-order valence-electron chi connectivity index (χ2n) is 4.34. The van der Waals surface area contributed by atoms with Crippen molar-refractivity contribution in [3.05, 3.63) is 34.8 Å². The van der Waals surface area contributed by atoms with Gasteiger partial charge in [-0.05, 0) is 22.4 Å². The molecular formula is C12H17N3O4S2. The van der Waals surface area contributed by atoms with Gasteiger partial charge in [-0.1, -0.05) is 0 Å². The number of aliphatic hydroxyl groups is 1. The van der Waals surface area contributed by atoms with Gasteiger partial charge in [-0.25, -0.2) is 13.1 Å². The first-order chi connectivity index (χ1) is 10.0. The predicted octanol–water partition coefficient (Wildman–Crippen LogP) is 0.510. The third-order valence-corrected chi connectivity index (χ3v) is 4.86. The molecule has 0 aliphatic rings. The average molecular weight is 331 g/mol. The molecule has 21 heavy (non-hydrogen) atoms. The summed E-state index contributed by atoms with van der Waals surface area (Å²) in [6.07, 6.45) is 2.28. The Labute approximate surface area is 127 Å². The summed E-state index contributed by atoms with van der Waals surface area (Å²) >= 11 is 1.50. The SMILES string of the molecule is Cn1cc(S(=O)(=O)NCC(OCCO)c2ccsc2)cn1. The number of thiophene rings is 1. The monoisotopic (exact) mass is 331 g/mol. The highest BCUT2D eigenvalue weighted by atomic mass is 32.2. The van der Waals surface area contributed by atoms with E-state index in [-0.39, 0.29) is 24.7 Å². The van der Waals surface area contributed by atoms with Gasteiger partial charge in [0.2, 0.25) is 10.0 Å². The van der Waals surface area contributed by atoms with E-state index in [1.807, 2.05) is 16.8 Å². The lowest BCUT2D eigenvalue weighted by molar-refractivity contribution is 0.0311. The Kier molecular flexibility index (Phi) is 5.48. The topological polar surface area (TPSA) is 93.5 Å². The number of aliphatic hydroxyl groups excluding tert-OH is 1. The second-order valence-corrected chi connectivity index (χ2v) is 6.89. The molecule has 0 aliphatic carbocycles. The molecule has 0 saturated carbocycles. The van der Waals surface area contributed by atoms with Gasteiger partial charge in [0.1, 0.15) is 4.90 Å². The lowest BCUT2D eigenvalue weighted by Gasteiger charge is -2.17. The van der Waals surface area contributed by atoms with Crippen molar-refractivity contribution < 1.29 is 18.3 Å². The molecule has 0 spiro atoms. The maximum Gasteiger partial charge on any atom is 0.243 e. The van der Waals surface area contributed by atoms with Gasteiger partial charge in [0.25, 0.3) is 0 Å². The fraction of sp³-hybridized carbons (Fsp3) is 0.417. The lowest BCUT2D eigenvalue weighted by Crippen LogP contribution is -2.29.